The number of hydrogen-bond donors (Lipinski definition) is 0. The zero-order valence-electron chi connectivity index (χ0n) is 13.4. The SMILES string of the molecule is CCCOc1ccc(Br)cc1S(=O)(=O)N1CC(C)CC(C)C1. The average Bonchev–Trinajstić information content (AvgIpc) is 2.45. The van der Waals surface area contributed by atoms with E-state index in [4.69, 9.17) is 4.74 Å². The van der Waals surface area contributed by atoms with Gasteiger partial charge in [-0.05, 0) is 42.9 Å². The normalized spacial score (nSPS) is 23.5. The summed E-state index contributed by atoms with van der Waals surface area (Å²) in [5.74, 6) is 1.20. The molecule has 0 N–H and O–H groups in total. The summed E-state index contributed by atoms with van der Waals surface area (Å²) in [6.07, 6.45) is 1.91. The number of piperidine rings is 1. The van der Waals surface area contributed by atoms with Crippen molar-refractivity contribution in [1.82, 2.24) is 4.31 Å². The second kappa shape index (κ2) is 7.32. The number of hydrogen-bond acceptors (Lipinski definition) is 3. The van der Waals surface area contributed by atoms with Crippen molar-refractivity contribution < 1.29 is 13.2 Å². The Bertz CT molecular complexity index is 608. The summed E-state index contributed by atoms with van der Waals surface area (Å²) in [4.78, 5) is 0.261. The number of halogens is 1. The lowest BCUT2D eigenvalue weighted by Crippen LogP contribution is -2.42. The van der Waals surface area contributed by atoms with Crippen LogP contribution in [0.4, 0.5) is 0 Å². The highest BCUT2D eigenvalue weighted by Gasteiger charge is 2.33. The average molecular weight is 390 g/mol. The predicted molar refractivity (Wildman–Crippen MR) is 91.6 cm³/mol. The van der Waals surface area contributed by atoms with Crippen molar-refractivity contribution in [2.24, 2.45) is 11.8 Å². The molecule has 1 heterocycles. The zero-order valence-corrected chi connectivity index (χ0v) is 15.8. The first-order chi connectivity index (χ1) is 10.3. The van der Waals surface area contributed by atoms with Gasteiger partial charge in [-0.15, -0.1) is 0 Å². The van der Waals surface area contributed by atoms with Gasteiger partial charge in [0.2, 0.25) is 10.0 Å². The molecule has 1 saturated heterocycles. The van der Waals surface area contributed by atoms with Crippen molar-refractivity contribution in [3.63, 3.8) is 0 Å². The lowest BCUT2D eigenvalue weighted by atomic mass is 9.94. The number of ether oxygens (including phenoxy) is 1. The molecule has 0 aliphatic carbocycles. The first kappa shape index (κ1) is 17.8. The van der Waals surface area contributed by atoms with Gasteiger partial charge in [0.25, 0.3) is 0 Å². The highest BCUT2D eigenvalue weighted by molar-refractivity contribution is 9.10. The van der Waals surface area contributed by atoms with E-state index in [2.05, 4.69) is 29.8 Å². The van der Waals surface area contributed by atoms with Gasteiger partial charge in [0.05, 0.1) is 6.61 Å². The van der Waals surface area contributed by atoms with Gasteiger partial charge in [-0.1, -0.05) is 36.7 Å². The molecule has 1 aliphatic rings. The van der Waals surface area contributed by atoms with Crippen LogP contribution in [0.2, 0.25) is 0 Å². The van der Waals surface area contributed by atoms with Crippen molar-refractivity contribution in [3.8, 4) is 5.75 Å². The molecule has 0 spiro atoms. The third kappa shape index (κ3) is 4.03. The van der Waals surface area contributed by atoms with Gasteiger partial charge in [-0.3, -0.25) is 0 Å². The second-order valence-electron chi connectivity index (χ2n) is 6.21. The molecule has 2 rings (SSSR count). The highest BCUT2D eigenvalue weighted by atomic mass is 79.9. The second-order valence-corrected chi connectivity index (χ2v) is 9.03. The van der Waals surface area contributed by atoms with E-state index in [9.17, 15) is 8.42 Å². The minimum absolute atomic E-state index is 0.261. The summed E-state index contributed by atoms with van der Waals surface area (Å²) in [6.45, 7) is 7.87. The van der Waals surface area contributed by atoms with Crippen molar-refractivity contribution in [3.05, 3.63) is 22.7 Å². The van der Waals surface area contributed by atoms with Gasteiger partial charge in [0.1, 0.15) is 10.6 Å². The van der Waals surface area contributed by atoms with Crippen LogP contribution < -0.4 is 4.74 Å². The standard InChI is InChI=1S/C16H24BrNO3S/c1-4-7-21-15-6-5-14(17)9-16(15)22(19,20)18-10-12(2)8-13(3)11-18/h5-6,9,12-13H,4,7-8,10-11H2,1-3H3. The Morgan fingerprint density at radius 1 is 1.27 bits per heavy atom. The number of nitrogens with zero attached hydrogens (tertiary/aromatic N) is 1. The Labute approximate surface area is 142 Å². The van der Waals surface area contributed by atoms with Crippen LogP contribution in [-0.2, 0) is 10.0 Å². The molecule has 0 aromatic heterocycles. The van der Waals surface area contributed by atoms with Crippen LogP contribution >= 0.6 is 15.9 Å². The van der Waals surface area contributed by atoms with E-state index >= 15 is 0 Å². The monoisotopic (exact) mass is 389 g/mol. The van der Waals surface area contributed by atoms with E-state index in [0.29, 0.717) is 37.3 Å². The van der Waals surface area contributed by atoms with E-state index in [-0.39, 0.29) is 4.90 Å². The number of rotatable bonds is 5. The fourth-order valence-corrected chi connectivity index (χ4v) is 5.31. The van der Waals surface area contributed by atoms with Crippen LogP contribution in [0.1, 0.15) is 33.6 Å². The molecular formula is C16H24BrNO3S. The predicted octanol–water partition coefficient (Wildman–Crippen LogP) is 3.90. The van der Waals surface area contributed by atoms with Crippen molar-refractivity contribution in [1.29, 1.82) is 0 Å². The van der Waals surface area contributed by atoms with Crippen LogP contribution in [0.25, 0.3) is 0 Å². The number of benzene rings is 1. The van der Waals surface area contributed by atoms with E-state index in [1.807, 2.05) is 13.0 Å². The van der Waals surface area contributed by atoms with E-state index < -0.39 is 10.0 Å². The van der Waals surface area contributed by atoms with Crippen LogP contribution in [-0.4, -0.2) is 32.4 Å². The quantitative estimate of drug-likeness (QED) is 0.766. The Morgan fingerprint density at radius 2 is 1.91 bits per heavy atom. The zero-order chi connectivity index (χ0) is 16.3. The van der Waals surface area contributed by atoms with E-state index in [0.717, 1.165) is 17.3 Å². The van der Waals surface area contributed by atoms with E-state index in [1.54, 1.807) is 16.4 Å². The van der Waals surface area contributed by atoms with Crippen LogP contribution in [0.15, 0.2) is 27.6 Å². The summed E-state index contributed by atoms with van der Waals surface area (Å²) in [5.41, 5.74) is 0. The Kier molecular flexibility index (Phi) is 5.91. The molecule has 1 aromatic carbocycles. The Morgan fingerprint density at radius 3 is 2.50 bits per heavy atom. The largest absolute Gasteiger partial charge is 0.492 e. The summed E-state index contributed by atoms with van der Waals surface area (Å²) >= 11 is 3.37. The molecule has 0 amide bonds. The summed E-state index contributed by atoms with van der Waals surface area (Å²) in [5, 5.41) is 0. The maximum atomic E-state index is 13.0. The van der Waals surface area contributed by atoms with Crippen LogP contribution in [0.5, 0.6) is 5.75 Å². The van der Waals surface area contributed by atoms with Crippen LogP contribution in [0.3, 0.4) is 0 Å². The molecule has 2 atom stereocenters. The smallest absolute Gasteiger partial charge is 0.246 e. The summed E-state index contributed by atoms with van der Waals surface area (Å²) < 4.78 is 34.1. The van der Waals surface area contributed by atoms with Gasteiger partial charge in [-0.2, -0.15) is 4.31 Å². The van der Waals surface area contributed by atoms with Crippen LogP contribution in [0, 0.1) is 11.8 Å². The molecule has 4 nitrogen and oxygen atoms in total. The molecule has 22 heavy (non-hydrogen) atoms. The van der Waals surface area contributed by atoms with Gasteiger partial charge < -0.3 is 4.74 Å². The van der Waals surface area contributed by atoms with Crippen molar-refractivity contribution in [2.75, 3.05) is 19.7 Å². The van der Waals surface area contributed by atoms with Gasteiger partial charge in [-0.25, -0.2) is 8.42 Å². The molecular weight excluding hydrogens is 366 g/mol. The first-order valence-electron chi connectivity index (χ1n) is 7.77. The van der Waals surface area contributed by atoms with Crippen molar-refractivity contribution >= 4 is 26.0 Å². The van der Waals surface area contributed by atoms with Crippen molar-refractivity contribution in [2.45, 2.75) is 38.5 Å². The molecule has 2 unspecified atom stereocenters. The fourth-order valence-electron chi connectivity index (χ4n) is 2.96. The number of sulfonamides is 1. The highest BCUT2D eigenvalue weighted by Crippen LogP contribution is 2.33. The van der Waals surface area contributed by atoms with E-state index in [1.165, 1.54) is 0 Å². The molecule has 1 fully saturated rings. The topological polar surface area (TPSA) is 46.6 Å². The Hall–Kier alpha value is -0.590. The van der Waals surface area contributed by atoms with Gasteiger partial charge >= 0.3 is 0 Å². The third-order valence-corrected chi connectivity index (χ3v) is 6.17. The molecule has 0 radical (unpaired) electrons. The van der Waals surface area contributed by atoms with Gasteiger partial charge in [0, 0.05) is 17.6 Å². The third-order valence-electron chi connectivity index (χ3n) is 3.82. The maximum absolute atomic E-state index is 13.0. The fraction of sp³-hybridized carbons (Fsp3) is 0.625. The minimum Gasteiger partial charge on any atom is -0.492 e. The van der Waals surface area contributed by atoms with Gasteiger partial charge in [0.15, 0.2) is 0 Å². The lowest BCUT2D eigenvalue weighted by molar-refractivity contribution is 0.221. The first-order valence-corrected chi connectivity index (χ1v) is 10.0. The maximum Gasteiger partial charge on any atom is 0.246 e. The lowest BCUT2D eigenvalue weighted by Gasteiger charge is -2.34. The minimum atomic E-state index is -3.53. The Balaban J connectivity index is 2.37. The molecule has 0 saturated carbocycles. The molecule has 1 aliphatic heterocycles. The molecule has 1 aromatic rings. The molecule has 0 bridgehead atoms. The summed E-state index contributed by atoms with van der Waals surface area (Å²) in [7, 11) is -3.53. The summed E-state index contributed by atoms with van der Waals surface area (Å²) in [6, 6.07) is 5.18. The molecule has 124 valence electrons. The molecule has 6 heteroatoms.